The fourth-order valence-corrected chi connectivity index (χ4v) is 2.71. The third-order valence-electron chi connectivity index (χ3n) is 4.61. The average Bonchev–Trinajstić information content (AvgIpc) is 3.11. The second-order valence-electron chi connectivity index (χ2n) is 6.52. The number of benzene rings is 1. The molecule has 0 saturated carbocycles. The molecule has 0 aliphatic rings. The lowest BCUT2D eigenvalue weighted by Gasteiger charge is -2.16. The van der Waals surface area contributed by atoms with Crippen LogP contribution in [0.25, 0.3) is 0 Å². The Kier molecular flexibility index (Phi) is 6.29. The minimum absolute atomic E-state index is 0.0106. The van der Waals surface area contributed by atoms with Gasteiger partial charge in [0.2, 0.25) is 5.91 Å². The van der Waals surface area contributed by atoms with Crippen LogP contribution in [-0.2, 0) is 11.2 Å². The van der Waals surface area contributed by atoms with E-state index in [4.69, 9.17) is 5.41 Å². The molecule has 0 unspecified atom stereocenters. The van der Waals surface area contributed by atoms with E-state index in [-0.39, 0.29) is 23.0 Å². The van der Waals surface area contributed by atoms with E-state index in [1.54, 1.807) is 32.1 Å². The summed E-state index contributed by atoms with van der Waals surface area (Å²) in [6, 6.07) is 3.60. The van der Waals surface area contributed by atoms with Crippen LogP contribution in [0.15, 0.2) is 17.1 Å². The maximum absolute atomic E-state index is 12.8. The summed E-state index contributed by atoms with van der Waals surface area (Å²) in [5.41, 5.74) is 3.70. The van der Waals surface area contributed by atoms with Gasteiger partial charge in [0.15, 0.2) is 11.7 Å². The molecular formula is C19H25N7O2. The third-order valence-corrected chi connectivity index (χ3v) is 4.61. The van der Waals surface area contributed by atoms with Crippen LogP contribution in [0.3, 0.4) is 0 Å². The highest BCUT2D eigenvalue weighted by atomic mass is 16.2. The number of carbonyl (C=O) groups excluding carboxylic acids is 2. The number of carbonyl (C=O) groups is 2. The van der Waals surface area contributed by atoms with Crippen LogP contribution in [0.4, 0.5) is 11.5 Å². The smallest absolute Gasteiger partial charge is 0.274 e. The number of aliphatic imine (C=N–C) groups is 1. The SMILES string of the molecule is C=NC(=N)c1c(NC)n[nH]c1C(=O)Nc1ccc(CC(=O)N(C)C)c(C)c1C. The summed E-state index contributed by atoms with van der Waals surface area (Å²) in [6.45, 7) is 7.14. The number of aromatic nitrogens is 2. The number of hydrogen-bond acceptors (Lipinski definition) is 5. The molecule has 0 spiro atoms. The van der Waals surface area contributed by atoms with Gasteiger partial charge in [-0.25, -0.2) is 4.99 Å². The lowest BCUT2D eigenvalue weighted by molar-refractivity contribution is -0.127. The van der Waals surface area contributed by atoms with Crippen molar-refractivity contribution < 1.29 is 9.59 Å². The third kappa shape index (κ3) is 4.08. The van der Waals surface area contributed by atoms with Crippen molar-refractivity contribution in [2.75, 3.05) is 31.8 Å². The second kappa shape index (κ2) is 8.47. The number of amidine groups is 1. The molecule has 0 fully saturated rings. The van der Waals surface area contributed by atoms with Crippen molar-refractivity contribution in [3.63, 3.8) is 0 Å². The molecule has 9 heteroatoms. The summed E-state index contributed by atoms with van der Waals surface area (Å²) in [6.07, 6.45) is 0.298. The number of amides is 2. The zero-order valence-electron chi connectivity index (χ0n) is 16.7. The van der Waals surface area contributed by atoms with Crippen LogP contribution in [0.1, 0.15) is 32.7 Å². The van der Waals surface area contributed by atoms with Crippen LogP contribution in [-0.4, -0.2) is 60.6 Å². The monoisotopic (exact) mass is 383 g/mol. The van der Waals surface area contributed by atoms with Gasteiger partial charge in [0, 0.05) is 26.8 Å². The Hall–Kier alpha value is -3.49. The first kappa shape index (κ1) is 20.8. The number of likely N-dealkylation sites (N-methyl/N-ethyl adjacent to an activating group) is 1. The summed E-state index contributed by atoms with van der Waals surface area (Å²) in [7, 11) is 5.07. The van der Waals surface area contributed by atoms with Crippen molar-refractivity contribution in [3.8, 4) is 0 Å². The molecule has 0 atom stereocenters. The van der Waals surface area contributed by atoms with Crippen LogP contribution >= 0.6 is 0 Å². The van der Waals surface area contributed by atoms with Gasteiger partial charge in [-0.05, 0) is 43.3 Å². The maximum Gasteiger partial charge on any atom is 0.274 e. The van der Waals surface area contributed by atoms with Gasteiger partial charge in [-0.15, -0.1) is 0 Å². The Bertz CT molecular complexity index is 944. The largest absolute Gasteiger partial charge is 0.371 e. The highest BCUT2D eigenvalue weighted by Gasteiger charge is 2.22. The molecule has 2 amide bonds. The highest BCUT2D eigenvalue weighted by molar-refractivity contribution is 6.15. The summed E-state index contributed by atoms with van der Waals surface area (Å²) in [5, 5.41) is 20.2. The maximum atomic E-state index is 12.8. The number of nitrogens with one attached hydrogen (secondary N) is 4. The second-order valence-corrected chi connectivity index (χ2v) is 6.52. The van der Waals surface area contributed by atoms with Gasteiger partial charge in [0.25, 0.3) is 5.91 Å². The van der Waals surface area contributed by atoms with E-state index in [0.717, 1.165) is 16.7 Å². The van der Waals surface area contributed by atoms with Crippen LogP contribution in [0.2, 0.25) is 0 Å². The number of nitrogens with zero attached hydrogens (tertiary/aromatic N) is 3. The molecule has 2 aromatic rings. The first-order valence-electron chi connectivity index (χ1n) is 8.63. The van der Waals surface area contributed by atoms with E-state index in [0.29, 0.717) is 17.9 Å². The predicted molar refractivity (Wildman–Crippen MR) is 111 cm³/mol. The van der Waals surface area contributed by atoms with Crippen molar-refractivity contribution in [2.24, 2.45) is 4.99 Å². The normalized spacial score (nSPS) is 10.3. The van der Waals surface area contributed by atoms with Crippen molar-refractivity contribution in [2.45, 2.75) is 20.3 Å². The Morgan fingerprint density at radius 1 is 1.29 bits per heavy atom. The van der Waals surface area contributed by atoms with Gasteiger partial charge in [-0.1, -0.05) is 6.07 Å². The fraction of sp³-hybridized carbons (Fsp3) is 0.316. The number of H-pyrrole nitrogens is 1. The number of aromatic amines is 1. The minimum Gasteiger partial charge on any atom is -0.371 e. The van der Waals surface area contributed by atoms with Crippen LogP contribution < -0.4 is 10.6 Å². The molecule has 0 saturated heterocycles. The van der Waals surface area contributed by atoms with Gasteiger partial charge in [-0.3, -0.25) is 20.1 Å². The van der Waals surface area contributed by atoms with E-state index in [9.17, 15) is 9.59 Å². The first-order valence-corrected chi connectivity index (χ1v) is 8.63. The van der Waals surface area contributed by atoms with Gasteiger partial charge in [0.1, 0.15) is 5.69 Å². The summed E-state index contributed by atoms with van der Waals surface area (Å²) >= 11 is 0. The van der Waals surface area contributed by atoms with Crippen LogP contribution in [0, 0.1) is 19.3 Å². The summed E-state index contributed by atoms with van der Waals surface area (Å²) in [5.74, 6) is -0.255. The lowest BCUT2D eigenvalue weighted by Crippen LogP contribution is -2.24. The molecule has 148 valence electrons. The summed E-state index contributed by atoms with van der Waals surface area (Å²) in [4.78, 5) is 29.9. The van der Waals surface area contributed by atoms with Crippen molar-refractivity contribution in [1.82, 2.24) is 15.1 Å². The Morgan fingerprint density at radius 2 is 1.96 bits per heavy atom. The topological polar surface area (TPSA) is 126 Å². The molecule has 9 nitrogen and oxygen atoms in total. The van der Waals surface area contributed by atoms with Gasteiger partial charge >= 0.3 is 0 Å². The Morgan fingerprint density at radius 3 is 2.54 bits per heavy atom. The van der Waals surface area contributed by atoms with Gasteiger partial charge in [0.05, 0.1) is 12.0 Å². The summed E-state index contributed by atoms with van der Waals surface area (Å²) < 4.78 is 0. The Labute approximate surface area is 163 Å². The van der Waals surface area contributed by atoms with Crippen molar-refractivity contribution >= 4 is 35.9 Å². The molecule has 0 bridgehead atoms. The molecule has 0 aliphatic heterocycles. The number of rotatable bonds is 6. The molecule has 4 N–H and O–H groups in total. The van der Waals surface area contributed by atoms with E-state index >= 15 is 0 Å². The quantitative estimate of drug-likeness (QED) is 0.449. The number of anilines is 2. The standard InChI is InChI=1S/C19H25N7O2/c1-10-11(2)13(8-7-12(10)9-14(27)26(5)6)23-19(28)16-15(17(20)21-3)18(22-4)25-24-16/h7-8,20H,3,9H2,1-2,4-6H3,(H,23,28)(H2,22,24,25). The van der Waals surface area contributed by atoms with Gasteiger partial charge in [-0.2, -0.15) is 5.10 Å². The average molecular weight is 383 g/mol. The van der Waals surface area contributed by atoms with E-state index in [1.165, 1.54) is 0 Å². The molecule has 1 heterocycles. The van der Waals surface area contributed by atoms with Gasteiger partial charge < -0.3 is 15.5 Å². The molecular weight excluding hydrogens is 358 g/mol. The van der Waals surface area contributed by atoms with E-state index in [2.05, 4.69) is 32.5 Å². The van der Waals surface area contributed by atoms with E-state index in [1.807, 2.05) is 19.9 Å². The zero-order valence-corrected chi connectivity index (χ0v) is 16.7. The molecule has 0 aliphatic carbocycles. The highest BCUT2D eigenvalue weighted by Crippen LogP contribution is 2.25. The fourth-order valence-electron chi connectivity index (χ4n) is 2.71. The molecule has 28 heavy (non-hydrogen) atoms. The molecule has 0 radical (unpaired) electrons. The molecule has 1 aromatic carbocycles. The van der Waals surface area contributed by atoms with E-state index < -0.39 is 5.91 Å². The minimum atomic E-state index is -0.447. The lowest BCUT2D eigenvalue weighted by atomic mass is 9.98. The molecule has 1 aromatic heterocycles. The first-order chi connectivity index (χ1) is 13.2. The molecule has 2 rings (SSSR count). The van der Waals surface area contributed by atoms with Crippen LogP contribution in [0.5, 0.6) is 0 Å². The van der Waals surface area contributed by atoms with Crippen molar-refractivity contribution in [3.05, 3.63) is 40.1 Å². The predicted octanol–water partition coefficient (Wildman–Crippen LogP) is 1.98. The Balaban J connectivity index is 2.32. The number of hydrogen-bond donors (Lipinski definition) is 4. The zero-order chi connectivity index (χ0) is 21.0. The van der Waals surface area contributed by atoms with Crippen molar-refractivity contribution in [1.29, 1.82) is 5.41 Å².